The van der Waals surface area contributed by atoms with E-state index in [2.05, 4.69) is 34.8 Å². The SMILES string of the molecule is Cc1c(CN(C)CCN2CCOCC2)[nH]c2c(Cl)cccc12. The minimum atomic E-state index is 0.794. The van der Waals surface area contributed by atoms with Crippen LogP contribution in [-0.2, 0) is 11.3 Å². The highest BCUT2D eigenvalue weighted by Crippen LogP contribution is 2.27. The minimum Gasteiger partial charge on any atom is -0.379 e. The molecule has 0 amide bonds. The number of nitrogens with one attached hydrogen (secondary N) is 1. The third-order valence-electron chi connectivity index (χ3n) is 4.48. The Hall–Kier alpha value is -1.07. The Morgan fingerprint density at radius 2 is 2.09 bits per heavy atom. The number of likely N-dealkylation sites (N-methyl/N-ethyl adjacent to an activating group) is 1. The number of aromatic nitrogens is 1. The van der Waals surface area contributed by atoms with E-state index in [4.69, 9.17) is 16.3 Å². The normalized spacial score (nSPS) is 16.7. The van der Waals surface area contributed by atoms with Crippen molar-refractivity contribution in [2.24, 2.45) is 0 Å². The molecule has 1 aromatic heterocycles. The van der Waals surface area contributed by atoms with E-state index in [1.807, 2.05) is 12.1 Å². The minimum absolute atomic E-state index is 0.794. The molecule has 1 aliphatic rings. The maximum Gasteiger partial charge on any atom is 0.0648 e. The maximum absolute atomic E-state index is 6.28. The lowest BCUT2D eigenvalue weighted by molar-refractivity contribution is 0.0341. The number of morpholine rings is 1. The topological polar surface area (TPSA) is 31.5 Å². The van der Waals surface area contributed by atoms with Crippen molar-refractivity contribution < 1.29 is 4.74 Å². The van der Waals surface area contributed by atoms with Crippen LogP contribution in [0.3, 0.4) is 0 Å². The molecule has 0 spiro atoms. The zero-order valence-electron chi connectivity index (χ0n) is 13.4. The van der Waals surface area contributed by atoms with E-state index >= 15 is 0 Å². The predicted molar refractivity (Wildman–Crippen MR) is 91.6 cm³/mol. The third kappa shape index (κ3) is 3.46. The first-order chi connectivity index (χ1) is 10.6. The molecule has 0 atom stereocenters. The van der Waals surface area contributed by atoms with Crippen LogP contribution >= 0.6 is 11.6 Å². The van der Waals surface area contributed by atoms with Crippen molar-refractivity contribution in [3.8, 4) is 0 Å². The van der Waals surface area contributed by atoms with Gasteiger partial charge in [0.2, 0.25) is 0 Å². The highest BCUT2D eigenvalue weighted by molar-refractivity contribution is 6.35. The number of aryl methyl sites for hydroxylation is 1. The summed E-state index contributed by atoms with van der Waals surface area (Å²) in [5.74, 6) is 0. The Kier molecular flexibility index (Phi) is 5.03. The quantitative estimate of drug-likeness (QED) is 0.919. The second kappa shape index (κ2) is 7.01. The number of para-hydroxylation sites is 1. The van der Waals surface area contributed by atoms with Crippen molar-refractivity contribution in [1.29, 1.82) is 0 Å². The van der Waals surface area contributed by atoms with Crippen molar-refractivity contribution in [2.75, 3.05) is 46.4 Å². The summed E-state index contributed by atoms with van der Waals surface area (Å²) < 4.78 is 5.39. The molecule has 0 unspecified atom stereocenters. The molecule has 0 saturated carbocycles. The van der Waals surface area contributed by atoms with Gasteiger partial charge in [0, 0.05) is 43.8 Å². The number of nitrogens with zero attached hydrogens (tertiary/aromatic N) is 2. The molecule has 1 aromatic carbocycles. The Bertz CT molecular complexity index is 634. The van der Waals surface area contributed by atoms with Gasteiger partial charge in [-0.2, -0.15) is 0 Å². The van der Waals surface area contributed by atoms with E-state index in [1.165, 1.54) is 16.6 Å². The standard InChI is InChI=1S/C17H24ClN3O/c1-13-14-4-3-5-15(18)17(14)19-16(13)12-20(2)6-7-21-8-10-22-11-9-21/h3-5,19H,6-12H2,1-2H3. The number of aromatic amines is 1. The average Bonchev–Trinajstić information content (AvgIpc) is 2.85. The molecule has 1 saturated heterocycles. The highest BCUT2D eigenvalue weighted by atomic mass is 35.5. The maximum atomic E-state index is 6.28. The van der Waals surface area contributed by atoms with Crippen molar-refractivity contribution in [3.63, 3.8) is 0 Å². The number of benzene rings is 1. The van der Waals surface area contributed by atoms with Gasteiger partial charge in [-0.3, -0.25) is 9.80 Å². The number of ether oxygens (including phenoxy) is 1. The summed E-state index contributed by atoms with van der Waals surface area (Å²) in [6.45, 7) is 9.07. The Balaban J connectivity index is 1.62. The van der Waals surface area contributed by atoms with Gasteiger partial charge >= 0.3 is 0 Å². The van der Waals surface area contributed by atoms with Crippen LogP contribution in [0.2, 0.25) is 5.02 Å². The van der Waals surface area contributed by atoms with Crippen LogP contribution < -0.4 is 0 Å². The van der Waals surface area contributed by atoms with Gasteiger partial charge in [-0.15, -0.1) is 0 Å². The summed E-state index contributed by atoms with van der Waals surface area (Å²) in [6.07, 6.45) is 0. The van der Waals surface area contributed by atoms with Crippen LogP contribution in [0.15, 0.2) is 18.2 Å². The lowest BCUT2D eigenvalue weighted by atomic mass is 10.1. The number of rotatable bonds is 5. The van der Waals surface area contributed by atoms with Gasteiger partial charge in [0.25, 0.3) is 0 Å². The summed E-state index contributed by atoms with van der Waals surface area (Å²) in [5, 5.41) is 2.02. The first-order valence-corrected chi connectivity index (χ1v) is 8.27. The number of H-pyrrole nitrogens is 1. The molecule has 3 rings (SSSR count). The lowest BCUT2D eigenvalue weighted by Crippen LogP contribution is -2.40. The van der Waals surface area contributed by atoms with Crippen LogP contribution in [0.4, 0.5) is 0 Å². The van der Waals surface area contributed by atoms with Crippen molar-refractivity contribution in [2.45, 2.75) is 13.5 Å². The second-order valence-electron chi connectivity index (χ2n) is 6.08. The van der Waals surface area contributed by atoms with E-state index in [0.29, 0.717) is 0 Å². The lowest BCUT2D eigenvalue weighted by Gasteiger charge is -2.28. The molecule has 5 heteroatoms. The summed E-state index contributed by atoms with van der Waals surface area (Å²) in [6, 6.07) is 6.08. The van der Waals surface area contributed by atoms with E-state index in [9.17, 15) is 0 Å². The number of halogens is 1. The molecular formula is C17H24ClN3O. The van der Waals surface area contributed by atoms with Gasteiger partial charge in [0.15, 0.2) is 0 Å². The fourth-order valence-corrected chi connectivity index (χ4v) is 3.24. The zero-order valence-corrected chi connectivity index (χ0v) is 14.1. The van der Waals surface area contributed by atoms with Crippen LogP contribution in [0.5, 0.6) is 0 Å². The molecular weight excluding hydrogens is 298 g/mol. The molecule has 4 nitrogen and oxygen atoms in total. The van der Waals surface area contributed by atoms with Crippen molar-refractivity contribution in [1.82, 2.24) is 14.8 Å². The van der Waals surface area contributed by atoms with E-state index in [0.717, 1.165) is 56.5 Å². The Morgan fingerprint density at radius 3 is 2.82 bits per heavy atom. The van der Waals surface area contributed by atoms with Crippen LogP contribution in [0.25, 0.3) is 10.9 Å². The van der Waals surface area contributed by atoms with Gasteiger partial charge in [-0.05, 0) is 25.6 Å². The van der Waals surface area contributed by atoms with Gasteiger partial charge in [0.1, 0.15) is 0 Å². The van der Waals surface area contributed by atoms with Crippen LogP contribution in [-0.4, -0.2) is 61.2 Å². The summed E-state index contributed by atoms with van der Waals surface area (Å²) in [5.41, 5.74) is 3.61. The molecule has 0 radical (unpaired) electrons. The molecule has 1 N–H and O–H groups in total. The Morgan fingerprint density at radius 1 is 1.32 bits per heavy atom. The first kappa shape index (κ1) is 15.8. The fraction of sp³-hybridized carbons (Fsp3) is 0.529. The van der Waals surface area contributed by atoms with Gasteiger partial charge in [-0.1, -0.05) is 23.7 Å². The van der Waals surface area contributed by atoms with Crippen molar-refractivity contribution >= 4 is 22.5 Å². The average molecular weight is 322 g/mol. The van der Waals surface area contributed by atoms with Gasteiger partial charge < -0.3 is 9.72 Å². The molecule has 2 aromatic rings. The fourth-order valence-electron chi connectivity index (χ4n) is 3.01. The van der Waals surface area contributed by atoms with Crippen LogP contribution in [0, 0.1) is 6.92 Å². The summed E-state index contributed by atoms with van der Waals surface area (Å²) in [7, 11) is 2.17. The summed E-state index contributed by atoms with van der Waals surface area (Å²) >= 11 is 6.28. The van der Waals surface area contributed by atoms with Gasteiger partial charge in [0.05, 0.1) is 23.8 Å². The van der Waals surface area contributed by atoms with Crippen molar-refractivity contribution in [3.05, 3.63) is 34.5 Å². The molecule has 0 bridgehead atoms. The predicted octanol–water partition coefficient (Wildman–Crippen LogP) is 2.89. The number of fused-ring (bicyclic) bond motifs is 1. The van der Waals surface area contributed by atoms with Gasteiger partial charge in [-0.25, -0.2) is 0 Å². The first-order valence-electron chi connectivity index (χ1n) is 7.89. The molecule has 0 aliphatic carbocycles. The number of hydrogen-bond acceptors (Lipinski definition) is 3. The smallest absolute Gasteiger partial charge is 0.0648 e. The van der Waals surface area contributed by atoms with E-state index in [1.54, 1.807) is 0 Å². The third-order valence-corrected chi connectivity index (χ3v) is 4.79. The zero-order chi connectivity index (χ0) is 15.5. The largest absolute Gasteiger partial charge is 0.379 e. The Labute approximate surface area is 137 Å². The van der Waals surface area contributed by atoms with Crippen LogP contribution in [0.1, 0.15) is 11.3 Å². The molecule has 120 valence electrons. The summed E-state index contributed by atoms with van der Waals surface area (Å²) in [4.78, 5) is 8.32. The highest BCUT2D eigenvalue weighted by Gasteiger charge is 2.13. The monoisotopic (exact) mass is 321 g/mol. The number of hydrogen-bond donors (Lipinski definition) is 1. The molecule has 2 heterocycles. The molecule has 1 aliphatic heterocycles. The van der Waals surface area contributed by atoms with E-state index in [-0.39, 0.29) is 0 Å². The molecule has 1 fully saturated rings. The van der Waals surface area contributed by atoms with E-state index < -0.39 is 0 Å². The molecule has 22 heavy (non-hydrogen) atoms. The second-order valence-corrected chi connectivity index (χ2v) is 6.49.